The molecule has 0 saturated carbocycles. The summed E-state index contributed by atoms with van der Waals surface area (Å²) in [4.78, 5) is 14.3. The van der Waals surface area contributed by atoms with Gasteiger partial charge in [0, 0.05) is 23.5 Å². The van der Waals surface area contributed by atoms with Crippen molar-refractivity contribution in [3.05, 3.63) is 29.2 Å². The molecule has 6 heteroatoms. The van der Waals surface area contributed by atoms with Crippen molar-refractivity contribution in [1.82, 2.24) is 20.3 Å². The van der Waals surface area contributed by atoms with Gasteiger partial charge < -0.3 is 10.6 Å². The molecule has 94 valence electrons. The smallest absolute Gasteiger partial charge is 0.188 e. The molecule has 0 amide bonds. The zero-order valence-electron chi connectivity index (χ0n) is 10.2. The first kappa shape index (κ1) is 11.6. The van der Waals surface area contributed by atoms with Crippen LogP contribution in [-0.2, 0) is 0 Å². The van der Waals surface area contributed by atoms with Crippen LogP contribution in [0.3, 0.4) is 0 Å². The molecule has 0 aromatic carbocycles. The lowest BCUT2D eigenvalue weighted by molar-refractivity contribution is 0.627. The molecule has 1 atom stereocenters. The van der Waals surface area contributed by atoms with Crippen LogP contribution >= 0.6 is 11.3 Å². The number of thiazole rings is 1. The second-order valence-corrected chi connectivity index (χ2v) is 5.57. The van der Waals surface area contributed by atoms with E-state index >= 15 is 0 Å². The number of nitrogens with one attached hydrogen (secondary N) is 2. The Morgan fingerprint density at radius 1 is 1.33 bits per heavy atom. The van der Waals surface area contributed by atoms with E-state index in [-0.39, 0.29) is 0 Å². The number of aromatic nitrogens is 3. The van der Waals surface area contributed by atoms with Gasteiger partial charge in [0.25, 0.3) is 0 Å². The summed E-state index contributed by atoms with van der Waals surface area (Å²) < 4.78 is 0. The first-order valence-corrected chi connectivity index (χ1v) is 6.88. The lowest BCUT2D eigenvalue weighted by Crippen LogP contribution is -2.16. The minimum Gasteiger partial charge on any atom is -0.315 e. The molecule has 1 aliphatic heterocycles. The first-order valence-electron chi connectivity index (χ1n) is 6.06. The molecule has 2 aromatic heterocycles. The van der Waals surface area contributed by atoms with Crippen LogP contribution in [-0.4, -0.2) is 21.5 Å². The number of anilines is 2. The molecule has 1 aliphatic rings. The summed E-state index contributed by atoms with van der Waals surface area (Å²) in [6.07, 6.45) is 7.62. The zero-order valence-corrected chi connectivity index (χ0v) is 11.0. The molecule has 5 nitrogen and oxygen atoms in total. The number of nitrogens with zero attached hydrogens (tertiary/aromatic N) is 3. The predicted octanol–water partition coefficient (Wildman–Crippen LogP) is 2.41. The highest BCUT2D eigenvalue weighted by Gasteiger charge is 2.21. The van der Waals surface area contributed by atoms with Gasteiger partial charge in [-0.3, -0.25) is 4.98 Å². The zero-order chi connectivity index (χ0) is 12.4. The molecular weight excluding hydrogens is 246 g/mol. The summed E-state index contributed by atoms with van der Waals surface area (Å²) >= 11 is 1.62. The third kappa shape index (κ3) is 2.34. The lowest BCUT2D eigenvalue weighted by atomic mass is 10.1. The van der Waals surface area contributed by atoms with Crippen LogP contribution in [0.4, 0.5) is 10.9 Å². The average Bonchev–Trinajstić information content (AvgIpc) is 3.02. The van der Waals surface area contributed by atoms with Crippen molar-refractivity contribution in [2.75, 3.05) is 11.9 Å². The Balaban J connectivity index is 1.86. The van der Waals surface area contributed by atoms with Gasteiger partial charge in [0.15, 0.2) is 10.9 Å². The van der Waals surface area contributed by atoms with E-state index in [2.05, 4.69) is 25.6 Å². The Hall–Kier alpha value is -1.53. The maximum absolute atomic E-state index is 4.45. The van der Waals surface area contributed by atoms with Crippen LogP contribution < -0.4 is 10.6 Å². The molecule has 18 heavy (non-hydrogen) atoms. The summed E-state index contributed by atoms with van der Waals surface area (Å²) in [6, 6.07) is 0.308. The van der Waals surface area contributed by atoms with E-state index in [9.17, 15) is 0 Å². The van der Waals surface area contributed by atoms with Crippen molar-refractivity contribution in [2.24, 2.45) is 0 Å². The van der Waals surface area contributed by atoms with Gasteiger partial charge in [-0.15, -0.1) is 11.3 Å². The molecule has 0 radical (unpaired) electrons. The molecular formula is C12H15N5S. The van der Waals surface area contributed by atoms with Crippen LogP contribution in [0.25, 0.3) is 0 Å². The fourth-order valence-corrected chi connectivity index (χ4v) is 2.80. The minimum absolute atomic E-state index is 0.308. The van der Waals surface area contributed by atoms with Crippen LogP contribution in [0.1, 0.15) is 29.5 Å². The van der Waals surface area contributed by atoms with Gasteiger partial charge in [-0.1, -0.05) is 0 Å². The average molecular weight is 261 g/mol. The first-order chi connectivity index (χ1) is 8.83. The quantitative estimate of drug-likeness (QED) is 0.888. The predicted molar refractivity (Wildman–Crippen MR) is 72.1 cm³/mol. The highest BCUT2D eigenvalue weighted by atomic mass is 32.1. The summed E-state index contributed by atoms with van der Waals surface area (Å²) in [7, 11) is 0. The van der Waals surface area contributed by atoms with Crippen LogP contribution in [0.15, 0.2) is 18.6 Å². The van der Waals surface area contributed by atoms with Crippen molar-refractivity contribution in [1.29, 1.82) is 0 Å². The van der Waals surface area contributed by atoms with Gasteiger partial charge in [0.2, 0.25) is 0 Å². The summed E-state index contributed by atoms with van der Waals surface area (Å²) in [5, 5.41) is 7.58. The number of hydrogen-bond acceptors (Lipinski definition) is 6. The Kier molecular flexibility index (Phi) is 3.21. The van der Waals surface area contributed by atoms with E-state index in [0.29, 0.717) is 6.04 Å². The third-order valence-electron chi connectivity index (χ3n) is 2.96. The fraction of sp³-hybridized carbons (Fsp3) is 0.417. The molecule has 1 unspecified atom stereocenters. The van der Waals surface area contributed by atoms with Gasteiger partial charge in [-0.2, -0.15) is 0 Å². The van der Waals surface area contributed by atoms with Crippen molar-refractivity contribution in [3.63, 3.8) is 0 Å². The number of aryl methyl sites for hydroxylation is 1. The topological polar surface area (TPSA) is 62.7 Å². The highest BCUT2D eigenvalue weighted by molar-refractivity contribution is 7.15. The Morgan fingerprint density at radius 3 is 2.94 bits per heavy atom. The van der Waals surface area contributed by atoms with E-state index in [1.165, 1.54) is 11.3 Å². The summed E-state index contributed by atoms with van der Waals surface area (Å²) in [6.45, 7) is 3.09. The molecule has 2 aromatic rings. The molecule has 0 aliphatic carbocycles. The van der Waals surface area contributed by atoms with Gasteiger partial charge >= 0.3 is 0 Å². The number of hydrogen-bond donors (Lipinski definition) is 2. The standard InChI is InChI=1S/C12H15N5S/c1-8-7-16-12(18-8)17-11-10(14-5-6-15-11)9-3-2-4-13-9/h5-7,9,13H,2-4H2,1H3,(H,15,16,17). The molecule has 1 saturated heterocycles. The monoisotopic (exact) mass is 261 g/mol. The van der Waals surface area contributed by atoms with E-state index in [4.69, 9.17) is 0 Å². The van der Waals surface area contributed by atoms with Crippen molar-refractivity contribution in [3.8, 4) is 0 Å². The lowest BCUT2D eigenvalue weighted by Gasteiger charge is -2.13. The Labute approximate surface area is 110 Å². The van der Waals surface area contributed by atoms with Gasteiger partial charge in [-0.25, -0.2) is 9.97 Å². The molecule has 3 heterocycles. The highest BCUT2D eigenvalue weighted by Crippen LogP contribution is 2.28. The molecule has 2 N–H and O–H groups in total. The van der Waals surface area contributed by atoms with Crippen molar-refractivity contribution in [2.45, 2.75) is 25.8 Å². The maximum Gasteiger partial charge on any atom is 0.188 e. The molecule has 0 spiro atoms. The maximum atomic E-state index is 4.45. The second-order valence-electron chi connectivity index (χ2n) is 4.34. The summed E-state index contributed by atoms with van der Waals surface area (Å²) in [5.74, 6) is 0.811. The van der Waals surface area contributed by atoms with Gasteiger partial charge in [-0.05, 0) is 26.3 Å². The Bertz CT molecular complexity index is 533. The van der Waals surface area contributed by atoms with Crippen molar-refractivity contribution >= 4 is 22.3 Å². The SMILES string of the molecule is Cc1cnc(Nc2nccnc2C2CCCN2)s1. The molecule has 0 bridgehead atoms. The van der Waals surface area contributed by atoms with E-state index in [1.54, 1.807) is 23.7 Å². The van der Waals surface area contributed by atoms with E-state index < -0.39 is 0 Å². The second kappa shape index (κ2) is 4.99. The van der Waals surface area contributed by atoms with Crippen LogP contribution in [0, 0.1) is 6.92 Å². The van der Waals surface area contributed by atoms with Gasteiger partial charge in [0.05, 0.1) is 11.7 Å². The molecule has 1 fully saturated rings. The Morgan fingerprint density at radius 2 is 2.22 bits per heavy atom. The van der Waals surface area contributed by atoms with Crippen LogP contribution in [0.5, 0.6) is 0 Å². The van der Waals surface area contributed by atoms with E-state index in [0.717, 1.165) is 29.6 Å². The van der Waals surface area contributed by atoms with E-state index in [1.807, 2.05) is 13.1 Å². The normalized spacial score (nSPS) is 19.1. The molecule has 3 rings (SSSR count). The minimum atomic E-state index is 0.308. The number of rotatable bonds is 3. The van der Waals surface area contributed by atoms with Gasteiger partial charge in [0.1, 0.15) is 0 Å². The largest absolute Gasteiger partial charge is 0.315 e. The van der Waals surface area contributed by atoms with Crippen molar-refractivity contribution < 1.29 is 0 Å². The fourth-order valence-electron chi connectivity index (χ4n) is 2.13. The van der Waals surface area contributed by atoms with Crippen LogP contribution in [0.2, 0.25) is 0 Å². The summed E-state index contributed by atoms with van der Waals surface area (Å²) in [5.41, 5.74) is 0.989. The third-order valence-corrected chi connectivity index (χ3v) is 3.79.